The first-order chi connectivity index (χ1) is 8.81. The van der Waals surface area contributed by atoms with E-state index in [2.05, 4.69) is 4.74 Å². The first kappa shape index (κ1) is 15.4. The van der Waals surface area contributed by atoms with Crippen LogP contribution in [0.1, 0.15) is 12.5 Å². The fraction of sp³-hybridized carbons (Fsp3) is 0.417. The van der Waals surface area contributed by atoms with Crippen LogP contribution in [0.3, 0.4) is 0 Å². The molecule has 0 N–H and O–H groups in total. The predicted octanol–water partition coefficient (Wildman–Crippen LogP) is 1.46. The van der Waals surface area contributed by atoms with Crippen molar-refractivity contribution in [3.05, 3.63) is 29.6 Å². The smallest absolute Gasteiger partial charge is 0.326 e. The predicted molar refractivity (Wildman–Crippen MR) is 70.0 cm³/mol. The van der Waals surface area contributed by atoms with Gasteiger partial charge in [0.05, 0.1) is 18.6 Å². The summed E-state index contributed by atoms with van der Waals surface area (Å²) in [5, 5.41) is 0. The highest BCUT2D eigenvalue weighted by atomic mass is 32.2. The Labute approximate surface area is 112 Å². The number of sulfonamides is 1. The minimum atomic E-state index is -3.64. The maximum atomic E-state index is 13.2. The summed E-state index contributed by atoms with van der Waals surface area (Å²) in [5.74, 6) is -1.28. The van der Waals surface area contributed by atoms with Crippen molar-refractivity contribution in [3.8, 4) is 0 Å². The lowest BCUT2D eigenvalue weighted by Crippen LogP contribution is -2.37. The molecular formula is C12H16FNO4S. The lowest BCUT2D eigenvalue weighted by Gasteiger charge is -2.23. The number of esters is 1. The fourth-order valence-electron chi connectivity index (χ4n) is 1.47. The molecule has 0 atom stereocenters. The minimum absolute atomic E-state index is 0.166. The van der Waals surface area contributed by atoms with Crippen molar-refractivity contribution >= 4 is 21.7 Å². The van der Waals surface area contributed by atoms with Crippen LogP contribution in [0.2, 0.25) is 0 Å². The molecule has 0 bridgehead atoms. The molecule has 0 heterocycles. The maximum Gasteiger partial charge on any atom is 0.326 e. The van der Waals surface area contributed by atoms with E-state index in [1.165, 1.54) is 39.2 Å². The quantitative estimate of drug-likeness (QED) is 0.770. The second-order valence-corrected chi connectivity index (χ2v) is 6.10. The topological polar surface area (TPSA) is 63.7 Å². The van der Waals surface area contributed by atoms with Crippen molar-refractivity contribution in [2.24, 2.45) is 0 Å². The fourth-order valence-corrected chi connectivity index (χ4v) is 2.52. The average Bonchev–Trinajstić information content (AvgIpc) is 2.38. The monoisotopic (exact) mass is 289 g/mol. The Kier molecular flexibility index (Phi) is 4.88. The number of ether oxygens (including phenoxy) is 1. The molecule has 1 rings (SSSR count). The van der Waals surface area contributed by atoms with E-state index in [1.54, 1.807) is 0 Å². The molecule has 0 saturated carbocycles. The van der Waals surface area contributed by atoms with E-state index >= 15 is 0 Å². The van der Waals surface area contributed by atoms with Crippen molar-refractivity contribution in [3.63, 3.8) is 0 Å². The summed E-state index contributed by atoms with van der Waals surface area (Å²) < 4.78 is 42.6. The van der Waals surface area contributed by atoms with E-state index in [0.29, 0.717) is 5.56 Å². The van der Waals surface area contributed by atoms with Gasteiger partial charge in [0, 0.05) is 0 Å². The van der Waals surface area contributed by atoms with Crippen LogP contribution in [0.5, 0.6) is 0 Å². The first-order valence-corrected chi connectivity index (χ1v) is 7.26. The number of halogens is 1. The highest BCUT2D eigenvalue weighted by Gasteiger charge is 2.24. The van der Waals surface area contributed by atoms with Crippen LogP contribution in [0.25, 0.3) is 0 Å². The highest BCUT2D eigenvalue weighted by Crippen LogP contribution is 2.21. The number of methoxy groups -OCH3 is 1. The van der Waals surface area contributed by atoms with Crippen LogP contribution < -0.4 is 4.31 Å². The number of carbonyl (C=O) groups excluding carboxylic acids is 1. The molecule has 0 aliphatic carbocycles. The van der Waals surface area contributed by atoms with Crippen LogP contribution >= 0.6 is 0 Å². The second-order valence-electron chi connectivity index (χ2n) is 3.92. The van der Waals surface area contributed by atoms with Crippen molar-refractivity contribution < 1.29 is 22.3 Å². The van der Waals surface area contributed by atoms with E-state index in [-0.39, 0.29) is 11.4 Å². The zero-order chi connectivity index (χ0) is 14.6. The Hall–Kier alpha value is -1.63. The Morgan fingerprint density at radius 1 is 1.42 bits per heavy atom. The molecule has 106 valence electrons. The van der Waals surface area contributed by atoms with E-state index in [4.69, 9.17) is 0 Å². The van der Waals surface area contributed by atoms with Gasteiger partial charge in [-0.2, -0.15) is 0 Å². The van der Waals surface area contributed by atoms with Crippen molar-refractivity contribution in [2.45, 2.75) is 13.8 Å². The lowest BCUT2D eigenvalue weighted by atomic mass is 10.2. The number of rotatable bonds is 5. The third-order valence-electron chi connectivity index (χ3n) is 2.63. The van der Waals surface area contributed by atoms with E-state index in [9.17, 15) is 17.6 Å². The first-order valence-electron chi connectivity index (χ1n) is 5.65. The standard InChI is InChI=1S/C12H16FNO4S/c1-4-19(16,17)14(8-12(15)18-3)10-5-6-11(13)9(2)7-10/h5-7H,4,8H2,1-3H3. The molecule has 0 aromatic heterocycles. The van der Waals surface area contributed by atoms with Gasteiger partial charge in [-0.05, 0) is 37.6 Å². The molecule has 0 amide bonds. The molecule has 0 spiro atoms. The summed E-state index contributed by atoms with van der Waals surface area (Å²) in [6.45, 7) is 2.56. The molecule has 0 aliphatic heterocycles. The van der Waals surface area contributed by atoms with Gasteiger partial charge in [-0.3, -0.25) is 9.10 Å². The van der Waals surface area contributed by atoms with Gasteiger partial charge in [0.15, 0.2) is 0 Å². The van der Waals surface area contributed by atoms with Crippen molar-refractivity contribution in [1.82, 2.24) is 0 Å². The Bertz CT molecular complexity index is 571. The van der Waals surface area contributed by atoms with Gasteiger partial charge < -0.3 is 4.74 Å². The molecule has 0 saturated heterocycles. The SMILES string of the molecule is CCS(=O)(=O)N(CC(=O)OC)c1ccc(F)c(C)c1. The van der Waals surface area contributed by atoms with Gasteiger partial charge in [0.25, 0.3) is 0 Å². The molecule has 0 radical (unpaired) electrons. The molecule has 7 heteroatoms. The third kappa shape index (κ3) is 3.66. The van der Waals surface area contributed by atoms with Crippen LogP contribution in [0.15, 0.2) is 18.2 Å². The number of anilines is 1. The van der Waals surface area contributed by atoms with Crippen molar-refractivity contribution in [1.29, 1.82) is 0 Å². The van der Waals surface area contributed by atoms with Crippen LogP contribution in [0, 0.1) is 12.7 Å². The van der Waals surface area contributed by atoms with E-state index in [0.717, 1.165) is 4.31 Å². The van der Waals surface area contributed by atoms with Crippen LogP contribution in [-0.2, 0) is 19.6 Å². The molecule has 0 fully saturated rings. The summed E-state index contributed by atoms with van der Waals surface area (Å²) in [6.07, 6.45) is 0. The van der Waals surface area contributed by atoms with Gasteiger partial charge in [0.2, 0.25) is 10.0 Å². The molecular weight excluding hydrogens is 273 g/mol. The highest BCUT2D eigenvalue weighted by molar-refractivity contribution is 7.92. The summed E-state index contributed by atoms with van der Waals surface area (Å²) in [7, 11) is -2.46. The summed E-state index contributed by atoms with van der Waals surface area (Å²) in [6, 6.07) is 3.87. The Morgan fingerprint density at radius 3 is 2.53 bits per heavy atom. The number of carbonyl (C=O) groups is 1. The Balaban J connectivity index is 3.23. The maximum absolute atomic E-state index is 13.2. The van der Waals surface area contributed by atoms with Crippen LogP contribution in [0.4, 0.5) is 10.1 Å². The molecule has 0 aliphatic rings. The average molecular weight is 289 g/mol. The molecule has 5 nitrogen and oxygen atoms in total. The number of hydrogen-bond acceptors (Lipinski definition) is 4. The van der Waals surface area contributed by atoms with Gasteiger partial charge >= 0.3 is 5.97 Å². The Morgan fingerprint density at radius 2 is 2.05 bits per heavy atom. The molecule has 19 heavy (non-hydrogen) atoms. The zero-order valence-electron chi connectivity index (χ0n) is 11.0. The minimum Gasteiger partial charge on any atom is -0.468 e. The van der Waals surface area contributed by atoms with Gasteiger partial charge in [-0.1, -0.05) is 0 Å². The third-order valence-corrected chi connectivity index (χ3v) is 4.37. The van der Waals surface area contributed by atoms with Crippen LogP contribution in [-0.4, -0.2) is 33.8 Å². The number of hydrogen-bond donors (Lipinski definition) is 0. The van der Waals surface area contributed by atoms with Gasteiger partial charge in [-0.25, -0.2) is 12.8 Å². The van der Waals surface area contributed by atoms with Gasteiger partial charge in [-0.15, -0.1) is 0 Å². The van der Waals surface area contributed by atoms with E-state index in [1.807, 2.05) is 0 Å². The number of aryl methyl sites for hydroxylation is 1. The van der Waals surface area contributed by atoms with Gasteiger partial charge in [0.1, 0.15) is 12.4 Å². The second kappa shape index (κ2) is 6.01. The van der Waals surface area contributed by atoms with Crippen molar-refractivity contribution in [2.75, 3.05) is 23.7 Å². The normalized spacial score (nSPS) is 11.2. The number of nitrogens with zero attached hydrogens (tertiary/aromatic N) is 1. The molecule has 1 aromatic carbocycles. The summed E-state index contributed by atoms with van der Waals surface area (Å²) in [5.41, 5.74) is 0.546. The molecule has 0 unspecified atom stereocenters. The molecule has 1 aromatic rings. The summed E-state index contributed by atoms with van der Waals surface area (Å²) in [4.78, 5) is 11.3. The largest absolute Gasteiger partial charge is 0.468 e. The van der Waals surface area contributed by atoms with E-state index < -0.39 is 28.4 Å². The number of benzene rings is 1. The zero-order valence-corrected chi connectivity index (χ0v) is 11.8. The lowest BCUT2D eigenvalue weighted by molar-refractivity contribution is -0.138. The summed E-state index contributed by atoms with van der Waals surface area (Å²) >= 11 is 0.